The van der Waals surface area contributed by atoms with Crippen LogP contribution in [0.2, 0.25) is 5.02 Å². The van der Waals surface area contributed by atoms with Crippen molar-refractivity contribution in [3.8, 4) is 11.5 Å². The van der Waals surface area contributed by atoms with Gasteiger partial charge >= 0.3 is 0 Å². The number of ether oxygens (including phenoxy) is 2. The van der Waals surface area contributed by atoms with Gasteiger partial charge in [-0.05, 0) is 35.4 Å². The number of nitrogens with two attached hydrogens (primary N) is 1. The second-order valence-electron chi connectivity index (χ2n) is 4.67. The van der Waals surface area contributed by atoms with E-state index in [4.69, 9.17) is 26.9 Å². The molecular formula is C15H14ClFN2O2. The first kappa shape index (κ1) is 14.1. The number of hydrogen-bond donors (Lipinski definition) is 2. The maximum Gasteiger partial charge on any atom is 0.161 e. The first-order valence-electron chi connectivity index (χ1n) is 6.49. The fourth-order valence-corrected chi connectivity index (χ4v) is 2.62. The van der Waals surface area contributed by atoms with E-state index in [1.165, 1.54) is 12.1 Å². The minimum atomic E-state index is -0.387. The fraction of sp³-hybridized carbons (Fsp3) is 0.200. The lowest BCUT2D eigenvalue weighted by Gasteiger charge is -2.22. The van der Waals surface area contributed by atoms with Crippen molar-refractivity contribution in [2.75, 3.05) is 13.2 Å². The van der Waals surface area contributed by atoms with Gasteiger partial charge in [-0.1, -0.05) is 23.7 Å². The van der Waals surface area contributed by atoms with E-state index in [0.717, 1.165) is 5.56 Å². The van der Waals surface area contributed by atoms with Crippen LogP contribution in [0.5, 0.6) is 11.5 Å². The third kappa shape index (κ3) is 2.81. The van der Waals surface area contributed by atoms with E-state index in [-0.39, 0.29) is 11.9 Å². The Hall–Kier alpha value is -1.82. The van der Waals surface area contributed by atoms with Crippen molar-refractivity contribution in [3.05, 3.63) is 58.4 Å². The predicted molar refractivity (Wildman–Crippen MR) is 78.0 cm³/mol. The zero-order chi connectivity index (χ0) is 14.8. The van der Waals surface area contributed by atoms with Gasteiger partial charge in [-0.25, -0.2) is 9.82 Å². The SMILES string of the molecule is NNC(c1ccc2c(c1)OCCO2)c1ccc(F)cc1Cl. The van der Waals surface area contributed by atoms with E-state index < -0.39 is 0 Å². The number of benzene rings is 2. The van der Waals surface area contributed by atoms with Crippen LogP contribution in [-0.4, -0.2) is 13.2 Å². The largest absolute Gasteiger partial charge is 0.486 e. The van der Waals surface area contributed by atoms with Gasteiger partial charge in [-0.15, -0.1) is 0 Å². The molecule has 2 aromatic carbocycles. The molecule has 1 atom stereocenters. The highest BCUT2D eigenvalue weighted by Crippen LogP contribution is 2.35. The van der Waals surface area contributed by atoms with Crippen molar-refractivity contribution in [2.45, 2.75) is 6.04 Å². The summed E-state index contributed by atoms with van der Waals surface area (Å²) in [5.74, 6) is 6.62. The topological polar surface area (TPSA) is 56.5 Å². The van der Waals surface area contributed by atoms with Crippen LogP contribution in [0.4, 0.5) is 4.39 Å². The van der Waals surface area contributed by atoms with Crippen LogP contribution in [-0.2, 0) is 0 Å². The number of hydrogen-bond acceptors (Lipinski definition) is 4. The lowest BCUT2D eigenvalue weighted by molar-refractivity contribution is 0.171. The third-order valence-electron chi connectivity index (χ3n) is 3.34. The molecular weight excluding hydrogens is 295 g/mol. The van der Waals surface area contributed by atoms with Gasteiger partial charge < -0.3 is 9.47 Å². The Kier molecular flexibility index (Phi) is 3.96. The second kappa shape index (κ2) is 5.89. The van der Waals surface area contributed by atoms with E-state index in [1.54, 1.807) is 6.07 Å². The number of halogens is 2. The summed E-state index contributed by atoms with van der Waals surface area (Å²) in [7, 11) is 0. The van der Waals surface area contributed by atoms with Crippen molar-refractivity contribution >= 4 is 11.6 Å². The first-order chi connectivity index (χ1) is 10.2. The molecule has 0 spiro atoms. The Morgan fingerprint density at radius 3 is 2.57 bits per heavy atom. The number of fused-ring (bicyclic) bond motifs is 1. The molecule has 1 unspecified atom stereocenters. The van der Waals surface area contributed by atoms with E-state index in [2.05, 4.69) is 5.43 Å². The quantitative estimate of drug-likeness (QED) is 0.676. The Morgan fingerprint density at radius 1 is 1.10 bits per heavy atom. The van der Waals surface area contributed by atoms with Gasteiger partial charge in [0, 0.05) is 5.02 Å². The van der Waals surface area contributed by atoms with E-state index in [9.17, 15) is 4.39 Å². The fourth-order valence-electron chi connectivity index (χ4n) is 2.34. The molecule has 1 heterocycles. The van der Waals surface area contributed by atoms with Gasteiger partial charge in [-0.3, -0.25) is 5.84 Å². The number of hydrazine groups is 1. The summed E-state index contributed by atoms with van der Waals surface area (Å²) in [5.41, 5.74) is 4.25. The summed E-state index contributed by atoms with van der Waals surface area (Å²) < 4.78 is 24.2. The van der Waals surface area contributed by atoms with E-state index in [1.807, 2.05) is 18.2 Å². The molecule has 1 aliphatic rings. The molecule has 2 aromatic rings. The highest BCUT2D eigenvalue weighted by Gasteiger charge is 2.19. The molecule has 4 nitrogen and oxygen atoms in total. The molecule has 3 rings (SSSR count). The van der Waals surface area contributed by atoms with Gasteiger partial charge in [0.05, 0.1) is 6.04 Å². The van der Waals surface area contributed by atoms with Crippen molar-refractivity contribution < 1.29 is 13.9 Å². The van der Waals surface area contributed by atoms with Crippen LogP contribution in [0.15, 0.2) is 36.4 Å². The third-order valence-corrected chi connectivity index (χ3v) is 3.67. The molecule has 0 saturated carbocycles. The Labute approximate surface area is 126 Å². The van der Waals surface area contributed by atoms with Crippen LogP contribution >= 0.6 is 11.6 Å². The zero-order valence-corrected chi connectivity index (χ0v) is 11.9. The zero-order valence-electron chi connectivity index (χ0n) is 11.1. The molecule has 3 N–H and O–H groups in total. The first-order valence-corrected chi connectivity index (χ1v) is 6.87. The number of rotatable bonds is 3. The van der Waals surface area contributed by atoms with Crippen LogP contribution in [0.25, 0.3) is 0 Å². The molecule has 1 aliphatic heterocycles. The molecule has 21 heavy (non-hydrogen) atoms. The van der Waals surface area contributed by atoms with E-state index in [0.29, 0.717) is 35.3 Å². The van der Waals surface area contributed by atoms with Gasteiger partial charge in [0.2, 0.25) is 0 Å². The van der Waals surface area contributed by atoms with Crippen molar-refractivity contribution in [1.29, 1.82) is 0 Å². The second-order valence-corrected chi connectivity index (χ2v) is 5.08. The normalized spacial score (nSPS) is 14.8. The molecule has 110 valence electrons. The summed E-state index contributed by atoms with van der Waals surface area (Å²) in [5, 5.41) is 0.313. The molecule has 0 amide bonds. The minimum Gasteiger partial charge on any atom is -0.486 e. The summed E-state index contributed by atoms with van der Waals surface area (Å²) in [4.78, 5) is 0. The van der Waals surface area contributed by atoms with Crippen LogP contribution < -0.4 is 20.7 Å². The van der Waals surface area contributed by atoms with Gasteiger partial charge in [0.25, 0.3) is 0 Å². The van der Waals surface area contributed by atoms with Crippen molar-refractivity contribution in [2.24, 2.45) is 5.84 Å². The lowest BCUT2D eigenvalue weighted by Crippen LogP contribution is -2.29. The van der Waals surface area contributed by atoms with Crippen molar-refractivity contribution in [1.82, 2.24) is 5.43 Å². The van der Waals surface area contributed by atoms with Crippen LogP contribution in [0.3, 0.4) is 0 Å². The predicted octanol–water partition coefficient (Wildman–Crippen LogP) is 2.80. The Balaban J connectivity index is 1.99. The van der Waals surface area contributed by atoms with E-state index >= 15 is 0 Å². The summed E-state index contributed by atoms with van der Waals surface area (Å²) >= 11 is 6.10. The molecule has 0 aliphatic carbocycles. The summed E-state index contributed by atoms with van der Waals surface area (Å²) in [6, 6.07) is 9.40. The van der Waals surface area contributed by atoms with Crippen molar-refractivity contribution in [3.63, 3.8) is 0 Å². The average Bonchev–Trinajstić information content (AvgIpc) is 2.50. The molecule has 0 aromatic heterocycles. The van der Waals surface area contributed by atoms with Crippen LogP contribution in [0.1, 0.15) is 17.2 Å². The minimum absolute atomic E-state index is 0.313. The highest BCUT2D eigenvalue weighted by atomic mass is 35.5. The lowest BCUT2D eigenvalue weighted by atomic mass is 9.98. The average molecular weight is 309 g/mol. The van der Waals surface area contributed by atoms with Crippen LogP contribution in [0, 0.1) is 5.82 Å². The van der Waals surface area contributed by atoms with Gasteiger partial charge in [0.1, 0.15) is 19.0 Å². The monoisotopic (exact) mass is 308 g/mol. The maximum atomic E-state index is 13.2. The standard InChI is InChI=1S/C15H14ClFN2O2/c16-12-8-10(17)2-3-11(12)15(19-18)9-1-4-13-14(7-9)21-6-5-20-13/h1-4,7-8,15,19H,5-6,18H2. The Morgan fingerprint density at radius 2 is 1.86 bits per heavy atom. The molecule has 0 radical (unpaired) electrons. The molecule has 6 heteroatoms. The summed E-state index contributed by atoms with van der Waals surface area (Å²) in [6.45, 7) is 1.04. The van der Waals surface area contributed by atoms with Gasteiger partial charge in [0.15, 0.2) is 11.5 Å². The molecule has 0 saturated heterocycles. The Bertz CT molecular complexity index is 666. The molecule has 0 fully saturated rings. The summed E-state index contributed by atoms with van der Waals surface area (Å²) in [6.07, 6.45) is 0. The number of nitrogens with one attached hydrogen (secondary N) is 1. The smallest absolute Gasteiger partial charge is 0.161 e. The highest BCUT2D eigenvalue weighted by molar-refractivity contribution is 6.31. The molecule has 0 bridgehead atoms. The maximum absolute atomic E-state index is 13.2. The van der Waals surface area contributed by atoms with Gasteiger partial charge in [-0.2, -0.15) is 0 Å².